The summed E-state index contributed by atoms with van der Waals surface area (Å²) in [5.41, 5.74) is 3.42. The van der Waals surface area contributed by atoms with Crippen molar-refractivity contribution in [3.05, 3.63) is 42.5 Å². The highest BCUT2D eigenvalue weighted by Gasteiger charge is 2.13. The Bertz CT molecular complexity index is 819. The third kappa shape index (κ3) is 3.04. The maximum atomic E-state index is 12.0. The quantitative estimate of drug-likeness (QED) is 0.769. The first-order chi connectivity index (χ1) is 11.1. The average molecular weight is 309 g/mol. The number of H-pyrrole nitrogens is 1. The first-order valence-electron chi connectivity index (χ1n) is 7.52. The van der Waals surface area contributed by atoms with Crippen LogP contribution in [0.25, 0.3) is 22.4 Å². The van der Waals surface area contributed by atoms with Crippen molar-refractivity contribution in [2.24, 2.45) is 5.92 Å². The Kier molecular flexibility index (Phi) is 4.02. The lowest BCUT2D eigenvalue weighted by atomic mass is 10.1. The highest BCUT2D eigenvalue weighted by Crippen LogP contribution is 2.30. The highest BCUT2D eigenvalue weighted by molar-refractivity contribution is 5.94. The summed E-state index contributed by atoms with van der Waals surface area (Å²) < 4.78 is 5.33. The number of carbonyl (C=O) groups excluding carboxylic acids is 1. The Morgan fingerprint density at radius 1 is 1.22 bits per heavy atom. The molecule has 0 bridgehead atoms. The van der Waals surface area contributed by atoms with Gasteiger partial charge >= 0.3 is 0 Å². The Morgan fingerprint density at radius 3 is 2.70 bits per heavy atom. The van der Waals surface area contributed by atoms with Gasteiger partial charge in [0.1, 0.15) is 11.6 Å². The van der Waals surface area contributed by atoms with E-state index < -0.39 is 0 Å². The second kappa shape index (κ2) is 6.12. The molecule has 5 heteroatoms. The second-order valence-electron chi connectivity index (χ2n) is 5.66. The maximum absolute atomic E-state index is 12.0. The Labute approximate surface area is 134 Å². The monoisotopic (exact) mass is 309 g/mol. The minimum atomic E-state index is -0.102. The van der Waals surface area contributed by atoms with Crippen molar-refractivity contribution in [1.82, 2.24) is 9.97 Å². The van der Waals surface area contributed by atoms with Crippen LogP contribution in [0.4, 0.5) is 5.69 Å². The summed E-state index contributed by atoms with van der Waals surface area (Å²) in [7, 11) is 1.58. The van der Waals surface area contributed by atoms with Gasteiger partial charge in [-0.2, -0.15) is 0 Å². The number of ether oxygens (including phenoxy) is 1. The van der Waals surface area contributed by atoms with Crippen molar-refractivity contribution >= 4 is 22.6 Å². The third-order valence-electron chi connectivity index (χ3n) is 3.64. The molecular formula is C18H19N3O2. The summed E-state index contributed by atoms with van der Waals surface area (Å²) in [5.74, 6) is 1.23. The van der Waals surface area contributed by atoms with Crippen molar-refractivity contribution in [3.8, 4) is 17.1 Å². The van der Waals surface area contributed by atoms with E-state index in [1.54, 1.807) is 7.11 Å². The van der Waals surface area contributed by atoms with Crippen molar-refractivity contribution in [1.29, 1.82) is 0 Å². The molecule has 118 valence electrons. The molecule has 3 rings (SSSR count). The van der Waals surface area contributed by atoms with E-state index in [-0.39, 0.29) is 11.8 Å². The number of anilines is 1. The zero-order valence-electron chi connectivity index (χ0n) is 13.4. The molecule has 1 amide bonds. The second-order valence-corrected chi connectivity index (χ2v) is 5.66. The number of nitrogens with zero attached hydrogens (tertiary/aromatic N) is 1. The molecule has 0 spiro atoms. The van der Waals surface area contributed by atoms with Crippen LogP contribution < -0.4 is 10.1 Å². The fraction of sp³-hybridized carbons (Fsp3) is 0.222. The zero-order valence-corrected chi connectivity index (χ0v) is 13.4. The number of amides is 1. The van der Waals surface area contributed by atoms with Crippen LogP contribution in [0.1, 0.15) is 13.8 Å². The van der Waals surface area contributed by atoms with Crippen molar-refractivity contribution in [3.63, 3.8) is 0 Å². The molecule has 0 aliphatic rings. The number of methoxy groups -OCH3 is 1. The lowest BCUT2D eigenvalue weighted by Crippen LogP contribution is -2.18. The fourth-order valence-electron chi connectivity index (χ4n) is 2.32. The average Bonchev–Trinajstić information content (AvgIpc) is 2.98. The lowest BCUT2D eigenvalue weighted by molar-refractivity contribution is -0.118. The minimum absolute atomic E-state index is 0.0509. The number of hydrogen-bond donors (Lipinski definition) is 2. The van der Waals surface area contributed by atoms with Gasteiger partial charge in [0.05, 0.1) is 23.8 Å². The number of aromatic nitrogens is 2. The molecular weight excluding hydrogens is 290 g/mol. The number of aromatic amines is 1. The number of imidazole rings is 1. The van der Waals surface area contributed by atoms with Gasteiger partial charge in [-0.25, -0.2) is 4.98 Å². The van der Waals surface area contributed by atoms with Gasteiger partial charge in [-0.15, -0.1) is 0 Å². The van der Waals surface area contributed by atoms with Gasteiger partial charge in [-0.1, -0.05) is 26.0 Å². The smallest absolute Gasteiger partial charge is 0.227 e. The Balaban J connectivity index is 2.01. The van der Waals surface area contributed by atoms with Crippen LogP contribution in [0.3, 0.4) is 0 Å². The van der Waals surface area contributed by atoms with Gasteiger partial charge in [0.25, 0.3) is 0 Å². The molecule has 1 heterocycles. The standard InChI is InChI=1S/C18H19N3O2/c1-11(2)18(22)21-15-10-12(8-9-16(15)23-3)17-19-13-6-4-5-7-14(13)20-17/h4-11H,1-3H3,(H,19,20)(H,21,22). The van der Waals surface area contributed by atoms with E-state index in [1.165, 1.54) is 0 Å². The molecule has 0 saturated carbocycles. The van der Waals surface area contributed by atoms with Crippen LogP contribution in [-0.4, -0.2) is 23.0 Å². The number of hydrogen-bond acceptors (Lipinski definition) is 3. The largest absolute Gasteiger partial charge is 0.495 e. The molecule has 0 saturated heterocycles. The molecule has 23 heavy (non-hydrogen) atoms. The van der Waals surface area contributed by atoms with Gasteiger partial charge in [0.15, 0.2) is 0 Å². The van der Waals surface area contributed by atoms with Gasteiger partial charge in [-0.3, -0.25) is 4.79 Å². The highest BCUT2D eigenvalue weighted by atomic mass is 16.5. The minimum Gasteiger partial charge on any atom is -0.495 e. The number of nitrogens with one attached hydrogen (secondary N) is 2. The summed E-state index contributed by atoms with van der Waals surface area (Å²) in [6.45, 7) is 3.70. The number of carbonyl (C=O) groups is 1. The molecule has 5 nitrogen and oxygen atoms in total. The van der Waals surface area contributed by atoms with E-state index >= 15 is 0 Å². The zero-order chi connectivity index (χ0) is 16.4. The van der Waals surface area contributed by atoms with E-state index in [0.29, 0.717) is 11.4 Å². The van der Waals surface area contributed by atoms with Crippen LogP contribution in [0.15, 0.2) is 42.5 Å². The summed E-state index contributed by atoms with van der Waals surface area (Å²) in [6, 6.07) is 13.5. The van der Waals surface area contributed by atoms with Gasteiger partial charge in [0, 0.05) is 11.5 Å². The number of para-hydroxylation sites is 2. The predicted octanol–water partition coefficient (Wildman–Crippen LogP) is 3.83. The SMILES string of the molecule is COc1ccc(-c2nc3ccccc3[nH]2)cc1NC(=O)C(C)C. The summed E-state index contributed by atoms with van der Waals surface area (Å²) in [6.07, 6.45) is 0. The van der Waals surface area contributed by atoms with Crippen LogP contribution in [-0.2, 0) is 4.79 Å². The normalized spacial score (nSPS) is 11.0. The fourth-order valence-corrected chi connectivity index (χ4v) is 2.32. The van der Waals surface area contributed by atoms with Crippen molar-refractivity contribution in [2.45, 2.75) is 13.8 Å². The molecule has 3 aromatic rings. The van der Waals surface area contributed by atoms with Gasteiger partial charge in [-0.05, 0) is 30.3 Å². The van der Waals surface area contributed by atoms with E-state index in [9.17, 15) is 4.79 Å². The van der Waals surface area contributed by atoms with Gasteiger partial charge in [0.2, 0.25) is 5.91 Å². The van der Waals surface area contributed by atoms with Crippen LogP contribution in [0, 0.1) is 5.92 Å². The maximum Gasteiger partial charge on any atom is 0.227 e. The molecule has 2 aromatic carbocycles. The molecule has 0 aliphatic carbocycles. The molecule has 0 unspecified atom stereocenters. The lowest BCUT2D eigenvalue weighted by Gasteiger charge is -2.12. The van der Waals surface area contributed by atoms with Crippen LogP contribution >= 0.6 is 0 Å². The summed E-state index contributed by atoms with van der Waals surface area (Å²) in [4.78, 5) is 19.9. The molecule has 0 radical (unpaired) electrons. The number of benzene rings is 2. The summed E-state index contributed by atoms with van der Waals surface area (Å²) in [5, 5.41) is 2.90. The van der Waals surface area contributed by atoms with E-state index in [0.717, 1.165) is 22.4 Å². The van der Waals surface area contributed by atoms with E-state index in [2.05, 4.69) is 15.3 Å². The van der Waals surface area contributed by atoms with Crippen molar-refractivity contribution < 1.29 is 9.53 Å². The molecule has 0 aliphatic heterocycles. The number of fused-ring (bicyclic) bond motifs is 1. The predicted molar refractivity (Wildman–Crippen MR) is 91.5 cm³/mol. The van der Waals surface area contributed by atoms with E-state index in [4.69, 9.17) is 4.74 Å². The third-order valence-corrected chi connectivity index (χ3v) is 3.64. The van der Waals surface area contributed by atoms with Gasteiger partial charge < -0.3 is 15.0 Å². The molecule has 0 fully saturated rings. The molecule has 0 atom stereocenters. The molecule has 2 N–H and O–H groups in total. The van der Waals surface area contributed by atoms with Crippen LogP contribution in [0.2, 0.25) is 0 Å². The molecule has 1 aromatic heterocycles. The van der Waals surface area contributed by atoms with Crippen LogP contribution in [0.5, 0.6) is 5.75 Å². The topological polar surface area (TPSA) is 67.0 Å². The summed E-state index contributed by atoms with van der Waals surface area (Å²) >= 11 is 0. The Hall–Kier alpha value is -2.82. The first kappa shape index (κ1) is 15.1. The Morgan fingerprint density at radius 2 is 2.00 bits per heavy atom. The van der Waals surface area contributed by atoms with E-state index in [1.807, 2.05) is 56.3 Å². The van der Waals surface area contributed by atoms with Crippen molar-refractivity contribution in [2.75, 3.05) is 12.4 Å². The first-order valence-corrected chi connectivity index (χ1v) is 7.52. The number of rotatable bonds is 4.